The fourth-order valence-corrected chi connectivity index (χ4v) is 6.02. The molecule has 9 rings (SSSR count). The molecule has 206 valence electrons. The van der Waals surface area contributed by atoms with Gasteiger partial charge in [0, 0.05) is 32.9 Å². The van der Waals surface area contributed by atoms with Gasteiger partial charge in [0.25, 0.3) is 0 Å². The molecule has 2 aromatic heterocycles. The standard InChI is InChI=1S/C42H28N2/c1-3-12-29(13-4-1)31-22-24-33(25-23-31)43-37-20-9-7-18-35(37)41-39(43)26-27-40-42(41)36-19-8-10-21-38(36)44(40)34-17-11-16-32(28-34)30-14-5-2-6-15-30/h1-28H/i3D,5D,7D,8D,9D,10D,19D,20D,21D,22D,26D,27D,28D. The zero-order valence-electron chi connectivity index (χ0n) is 36.1. The monoisotopic (exact) mass is 573 g/mol. The molecule has 0 fully saturated rings. The van der Waals surface area contributed by atoms with Gasteiger partial charge in [-0.25, -0.2) is 0 Å². The molecule has 0 aliphatic carbocycles. The first-order chi connectivity index (χ1) is 27.2. The number of hydrogen-bond donors (Lipinski definition) is 0. The lowest BCUT2D eigenvalue weighted by Crippen LogP contribution is -1.95. The van der Waals surface area contributed by atoms with Crippen LogP contribution in [0.1, 0.15) is 17.8 Å². The molecule has 44 heavy (non-hydrogen) atoms. The average molecular weight is 574 g/mol. The maximum Gasteiger partial charge on any atom is 0.0651 e. The molecule has 0 radical (unpaired) electrons. The van der Waals surface area contributed by atoms with E-state index in [2.05, 4.69) is 0 Å². The van der Waals surface area contributed by atoms with Gasteiger partial charge in [-0.3, -0.25) is 0 Å². The lowest BCUT2D eigenvalue weighted by atomic mass is 10.0. The maximum atomic E-state index is 9.64. The molecule has 0 bridgehead atoms. The van der Waals surface area contributed by atoms with E-state index in [0.717, 1.165) is 0 Å². The fourth-order valence-electron chi connectivity index (χ4n) is 6.02. The summed E-state index contributed by atoms with van der Waals surface area (Å²) in [6, 6.07) is 21.4. The van der Waals surface area contributed by atoms with Crippen LogP contribution in [0.2, 0.25) is 0 Å². The molecule has 2 heteroatoms. The normalized spacial score (nSPS) is 15.8. The Morgan fingerprint density at radius 1 is 0.364 bits per heavy atom. The van der Waals surface area contributed by atoms with Crippen LogP contribution in [0.25, 0.3) is 77.2 Å². The number of rotatable bonds is 4. The summed E-state index contributed by atoms with van der Waals surface area (Å²) in [5, 5.41) is 0.581. The third-order valence-electron chi connectivity index (χ3n) is 7.94. The summed E-state index contributed by atoms with van der Waals surface area (Å²) < 4.78 is 119. The molecule has 0 aliphatic heterocycles. The molecule has 0 spiro atoms. The topological polar surface area (TPSA) is 9.86 Å². The number of para-hydroxylation sites is 2. The van der Waals surface area contributed by atoms with Crippen molar-refractivity contribution in [1.29, 1.82) is 0 Å². The molecule has 0 aliphatic rings. The Morgan fingerprint density at radius 2 is 1.02 bits per heavy atom. The van der Waals surface area contributed by atoms with Crippen LogP contribution < -0.4 is 0 Å². The van der Waals surface area contributed by atoms with Crippen molar-refractivity contribution in [3.05, 3.63) is 170 Å². The van der Waals surface area contributed by atoms with Crippen LogP contribution in [-0.2, 0) is 0 Å². The van der Waals surface area contributed by atoms with E-state index >= 15 is 0 Å². The van der Waals surface area contributed by atoms with Crippen LogP contribution in [0.4, 0.5) is 0 Å². The smallest absolute Gasteiger partial charge is 0.0651 e. The van der Waals surface area contributed by atoms with Gasteiger partial charge in [-0.05, 0) is 70.7 Å². The van der Waals surface area contributed by atoms with Crippen LogP contribution in [-0.4, -0.2) is 9.13 Å². The summed E-state index contributed by atoms with van der Waals surface area (Å²) in [5.74, 6) is 0. The highest BCUT2D eigenvalue weighted by atomic mass is 15.0. The number of fused-ring (bicyclic) bond motifs is 7. The predicted octanol–water partition coefficient (Wildman–Crippen LogP) is 11.2. The third-order valence-corrected chi connectivity index (χ3v) is 7.94. The van der Waals surface area contributed by atoms with E-state index in [1.165, 1.54) is 21.3 Å². The number of benzene rings is 7. The van der Waals surface area contributed by atoms with Crippen molar-refractivity contribution in [3.63, 3.8) is 0 Å². The molecule has 0 amide bonds. The summed E-state index contributed by atoms with van der Waals surface area (Å²) >= 11 is 0. The summed E-state index contributed by atoms with van der Waals surface area (Å²) in [7, 11) is 0. The number of nitrogens with zero attached hydrogens (tertiary/aromatic N) is 2. The molecule has 9 aromatic rings. The van der Waals surface area contributed by atoms with Crippen LogP contribution >= 0.6 is 0 Å². The summed E-state index contributed by atoms with van der Waals surface area (Å²) in [6.07, 6.45) is 0. The minimum atomic E-state index is -0.544. The van der Waals surface area contributed by atoms with E-state index in [0.29, 0.717) is 27.9 Å². The lowest BCUT2D eigenvalue weighted by molar-refractivity contribution is 1.17. The SMILES string of the molecule is [2H]c1cccc(-c2ccc(-n3c4c([2H])c([2H])c([2H])cc4c4c5c6c([2H])c([2H])c([2H])c([2H])c6n(-c6cccc(-c7cccc([2H])c7)c6[2H])c5c([2H])c([2H])c43)cc2[2H])c1. The highest BCUT2D eigenvalue weighted by molar-refractivity contribution is 6.28. The van der Waals surface area contributed by atoms with Crippen molar-refractivity contribution in [3.8, 4) is 33.6 Å². The van der Waals surface area contributed by atoms with Crippen LogP contribution in [0.3, 0.4) is 0 Å². The highest BCUT2D eigenvalue weighted by Gasteiger charge is 2.20. The van der Waals surface area contributed by atoms with Gasteiger partial charge in [0.15, 0.2) is 0 Å². The Morgan fingerprint density at radius 3 is 1.80 bits per heavy atom. The first-order valence-electron chi connectivity index (χ1n) is 20.5. The molecule has 7 aromatic carbocycles. The van der Waals surface area contributed by atoms with Crippen LogP contribution in [0.5, 0.6) is 0 Å². The van der Waals surface area contributed by atoms with Crippen molar-refractivity contribution in [2.24, 2.45) is 0 Å². The first-order valence-corrected chi connectivity index (χ1v) is 14.0. The van der Waals surface area contributed by atoms with Gasteiger partial charge in [-0.15, -0.1) is 0 Å². The van der Waals surface area contributed by atoms with Crippen molar-refractivity contribution in [2.45, 2.75) is 0 Å². The van der Waals surface area contributed by atoms with E-state index in [1.54, 1.807) is 78.9 Å². The Balaban J connectivity index is 1.50. The summed E-state index contributed by atoms with van der Waals surface area (Å²) in [4.78, 5) is 0. The Labute approximate surface area is 273 Å². The third kappa shape index (κ3) is 3.75. The zero-order valence-corrected chi connectivity index (χ0v) is 23.1. The Kier molecular flexibility index (Phi) is 3.37. The Bertz CT molecular complexity index is 3240. The minimum absolute atomic E-state index is 0.00586. The molecule has 0 unspecified atom stereocenters. The molecular formula is C42H28N2. The van der Waals surface area contributed by atoms with Gasteiger partial charge in [0.2, 0.25) is 0 Å². The highest BCUT2D eigenvalue weighted by Crippen LogP contribution is 2.42. The lowest BCUT2D eigenvalue weighted by Gasteiger charge is -2.11. The molecule has 0 saturated carbocycles. The second kappa shape index (κ2) is 9.86. The largest absolute Gasteiger partial charge is 0.309 e. The van der Waals surface area contributed by atoms with Gasteiger partial charge in [0.1, 0.15) is 0 Å². The van der Waals surface area contributed by atoms with Crippen LogP contribution in [0.15, 0.2) is 170 Å². The van der Waals surface area contributed by atoms with Crippen molar-refractivity contribution >= 4 is 43.6 Å². The van der Waals surface area contributed by atoms with E-state index in [9.17, 15) is 6.85 Å². The average Bonchev–Trinajstić information content (AvgIpc) is 3.71. The minimum Gasteiger partial charge on any atom is -0.309 e. The van der Waals surface area contributed by atoms with Crippen molar-refractivity contribution < 1.29 is 17.8 Å². The fraction of sp³-hybridized carbons (Fsp3) is 0. The summed E-state index contributed by atoms with van der Waals surface area (Å²) in [5.41, 5.74) is 2.76. The van der Waals surface area contributed by atoms with Crippen LogP contribution in [0, 0.1) is 0 Å². The molecular weight excluding hydrogens is 532 g/mol. The molecule has 0 N–H and O–H groups in total. The van der Waals surface area contributed by atoms with Gasteiger partial charge >= 0.3 is 0 Å². The van der Waals surface area contributed by atoms with E-state index < -0.39 is 30.2 Å². The summed E-state index contributed by atoms with van der Waals surface area (Å²) in [6.45, 7) is 0. The van der Waals surface area contributed by atoms with E-state index in [4.69, 9.17) is 11.0 Å². The molecule has 0 saturated heterocycles. The molecule has 2 heterocycles. The number of aromatic nitrogens is 2. The zero-order chi connectivity index (χ0) is 40.3. The second-order valence-electron chi connectivity index (χ2n) is 10.4. The Hall–Kier alpha value is -5.86. The predicted molar refractivity (Wildman–Crippen MR) is 186 cm³/mol. The second-order valence-corrected chi connectivity index (χ2v) is 10.4. The van der Waals surface area contributed by atoms with Gasteiger partial charge in [0.05, 0.1) is 39.9 Å². The van der Waals surface area contributed by atoms with Crippen molar-refractivity contribution in [2.75, 3.05) is 0 Å². The quantitative estimate of drug-likeness (QED) is 0.198. The first kappa shape index (κ1) is 15.0. The van der Waals surface area contributed by atoms with Gasteiger partial charge in [-0.2, -0.15) is 0 Å². The maximum absolute atomic E-state index is 9.64. The van der Waals surface area contributed by atoms with E-state index in [1.807, 2.05) is 0 Å². The molecule has 0 atom stereocenters. The number of hydrogen-bond acceptors (Lipinski definition) is 0. The van der Waals surface area contributed by atoms with E-state index in [-0.39, 0.29) is 97.6 Å². The van der Waals surface area contributed by atoms with Gasteiger partial charge < -0.3 is 9.13 Å². The van der Waals surface area contributed by atoms with Gasteiger partial charge in [-0.1, -0.05) is 121 Å². The van der Waals surface area contributed by atoms with Crippen molar-refractivity contribution in [1.82, 2.24) is 9.13 Å². The molecule has 2 nitrogen and oxygen atoms in total.